The van der Waals surface area contributed by atoms with Crippen LogP contribution in [0, 0.1) is 5.41 Å². The van der Waals surface area contributed by atoms with Crippen molar-refractivity contribution in [3.8, 4) is 0 Å². The lowest BCUT2D eigenvalue weighted by molar-refractivity contribution is -0.146. The summed E-state index contributed by atoms with van der Waals surface area (Å²) in [6.07, 6.45) is 0.380. The first-order valence-corrected chi connectivity index (χ1v) is 6.44. The molecule has 0 spiro atoms. The summed E-state index contributed by atoms with van der Waals surface area (Å²) in [5.41, 5.74) is 4.83. The molecule has 0 aromatic carbocycles. The van der Waals surface area contributed by atoms with Crippen LogP contribution in [0.5, 0.6) is 0 Å². The third kappa shape index (κ3) is 4.17. The van der Waals surface area contributed by atoms with E-state index in [0.29, 0.717) is 26.1 Å². The van der Waals surface area contributed by atoms with E-state index in [2.05, 4.69) is 5.32 Å². The number of nitrogens with one attached hydrogen (secondary N) is 1. The summed E-state index contributed by atoms with van der Waals surface area (Å²) in [5, 5.41) is 20.0. The molecule has 114 valence electrons. The first kappa shape index (κ1) is 16.4. The van der Waals surface area contributed by atoms with Gasteiger partial charge in [-0.1, -0.05) is 0 Å². The van der Waals surface area contributed by atoms with E-state index in [1.54, 1.807) is 0 Å². The van der Waals surface area contributed by atoms with E-state index in [1.165, 1.54) is 0 Å². The molecule has 0 radical (unpaired) electrons. The highest BCUT2D eigenvalue weighted by Crippen LogP contribution is 2.29. The van der Waals surface area contributed by atoms with Crippen molar-refractivity contribution in [3.05, 3.63) is 0 Å². The van der Waals surface area contributed by atoms with Crippen molar-refractivity contribution in [1.82, 2.24) is 5.32 Å². The number of ether oxygens (including phenoxy) is 1. The summed E-state index contributed by atoms with van der Waals surface area (Å²) < 4.78 is 5.18. The van der Waals surface area contributed by atoms with Crippen molar-refractivity contribution in [3.63, 3.8) is 0 Å². The summed E-state index contributed by atoms with van der Waals surface area (Å²) in [6.45, 7) is 0.905. The lowest BCUT2D eigenvalue weighted by Gasteiger charge is -2.35. The van der Waals surface area contributed by atoms with Gasteiger partial charge in [0.25, 0.3) is 0 Å². The van der Waals surface area contributed by atoms with E-state index in [0.717, 1.165) is 0 Å². The zero-order valence-electron chi connectivity index (χ0n) is 11.1. The maximum Gasteiger partial charge on any atom is 0.326 e. The molecule has 5 N–H and O–H groups in total. The molecular weight excluding hydrogens is 268 g/mol. The molecule has 0 saturated carbocycles. The molecule has 0 bridgehead atoms. The molecule has 8 heteroatoms. The molecule has 1 saturated heterocycles. The van der Waals surface area contributed by atoms with Crippen LogP contribution in [0.3, 0.4) is 0 Å². The first-order valence-electron chi connectivity index (χ1n) is 6.44. The summed E-state index contributed by atoms with van der Waals surface area (Å²) in [4.78, 5) is 33.8. The van der Waals surface area contributed by atoms with Crippen LogP contribution in [-0.2, 0) is 19.1 Å². The average molecular weight is 288 g/mol. The fraction of sp³-hybridized carbons (Fsp3) is 0.750. The smallest absolute Gasteiger partial charge is 0.326 e. The second-order valence-corrected chi connectivity index (χ2v) is 4.89. The SMILES string of the molecule is NCC1(C(=O)N[C@@H](CCC(=O)O)C(=O)O)CCOCC1. The fourth-order valence-electron chi connectivity index (χ4n) is 2.12. The molecule has 8 nitrogen and oxygen atoms in total. The van der Waals surface area contributed by atoms with Gasteiger partial charge in [0.2, 0.25) is 5.91 Å². The molecule has 0 aromatic heterocycles. The van der Waals surface area contributed by atoms with Gasteiger partial charge in [-0.25, -0.2) is 4.79 Å². The molecule has 20 heavy (non-hydrogen) atoms. The summed E-state index contributed by atoms with van der Waals surface area (Å²) >= 11 is 0. The highest BCUT2D eigenvalue weighted by atomic mass is 16.5. The van der Waals surface area contributed by atoms with Gasteiger partial charge in [-0.3, -0.25) is 9.59 Å². The Morgan fingerprint density at radius 2 is 1.85 bits per heavy atom. The molecule has 1 fully saturated rings. The molecular formula is C12H20N2O6. The third-order valence-corrected chi connectivity index (χ3v) is 3.57. The number of carboxylic acids is 2. The highest BCUT2D eigenvalue weighted by molar-refractivity contribution is 5.88. The number of hydrogen-bond acceptors (Lipinski definition) is 5. The van der Waals surface area contributed by atoms with E-state index in [9.17, 15) is 14.4 Å². The lowest BCUT2D eigenvalue weighted by Crippen LogP contribution is -2.53. The van der Waals surface area contributed by atoms with Gasteiger partial charge in [-0.2, -0.15) is 0 Å². The molecule has 1 atom stereocenters. The molecule has 1 heterocycles. The zero-order valence-corrected chi connectivity index (χ0v) is 11.1. The van der Waals surface area contributed by atoms with Crippen LogP contribution < -0.4 is 11.1 Å². The lowest BCUT2D eigenvalue weighted by atomic mass is 9.79. The Kier molecular flexibility index (Phi) is 5.90. The topological polar surface area (TPSA) is 139 Å². The minimum Gasteiger partial charge on any atom is -0.481 e. The van der Waals surface area contributed by atoms with Crippen LogP contribution in [0.4, 0.5) is 0 Å². The maximum absolute atomic E-state index is 12.3. The first-order chi connectivity index (χ1) is 9.41. The normalized spacial score (nSPS) is 19.1. The minimum atomic E-state index is -1.25. The van der Waals surface area contributed by atoms with Gasteiger partial charge in [-0.05, 0) is 19.3 Å². The minimum absolute atomic E-state index is 0.105. The van der Waals surface area contributed by atoms with Crippen molar-refractivity contribution in [2.75, 3.05) is 19.8 Å². The Morgan fingerprint density at radius 1 is 1.25 bits per heavy atom. The van der Waals surface area contributed by atoms with Crippen molar-refractivity contribution in [2.45, 2.75) is 31.7 Å². The second kappa shape index (κ2) is 7.20. The Hall–Kier alpha value is -1.67. The van der Waals surface area contributed by atoms with E-state index < -0.39 is 29.3 Å². The quantitative estimate of drug-likeness (QED) is 0.479. The number of amides is 1. The monoisotopic (exact) mass is 288 g/mol. The van der Waals surface area contributed by atoms with Crippen LogP contribution >= 0.6 is 0 Å². The fourth-order valence-corrected chi connectivity index (χ4v) is 2.12. The van der Waals surface area contributed by atoms with Gasteiger partial charge in [-0.15, -0.1) is 0 Å². The summed E-state index contributed by atoms with van der Waals surface area (Å²) in [5.74, 6) is -2.80. The van der Waals surface area contributed by atoms with Crippen molar-refractivity contribution >= 4 is 17.8 Å². The number of aliphatic carboxylic acids is 2. The predicted molar refractivity (Wildman–Crippen MR) is 68.0 cm³/mol. The number of nitrogens with two attached hydrogens (primary N) is 1. The zero-order chi connectivity index (χ0) is 15.2. The number of rotatable bonds is 7. The molecule has 0 unspecified atom stereocenters. The molecule has 1 aliphatic heterocycles. The van der Waals surface area contributed by atoms with Gasteiger partial charge in [0.15, 0.2) is 0 Å². The van der Waals surface area contributed by atoms with E-state index in [1.807, 2.05) is 0 Å². The Morgan fingerprint density at radius 3 is 2.30 bits per heavy atom. The second-order valence-electron chi connectivity index (χ2n) is 4.89. The molecule has 1 aliphatic rings. The van der Waals surface area contributed by atoms with E-state index in [-0.39, 0.29) is 19.4 Å². The Labute approximate surface area is 116 Å². The van der Waals surface area contributed by atoms with Gasteiger partial charge in [0, 0.05) is 26.2 Å². The third-order valence-electron chi connectivity index (χ3n) is 3.57. The van der Waals surface area contributed by atoms with Crippen molar-refractivity contribution in [2.24, 2.45) is 11.1 Å². The van der Waals surface area contributed by atoms with Gasteiger partial charge < -0.3 is 26.0 Å². The van der Waals surface area contributed by atoms with Crippen LogP contribution in [0.25, 0.3) is 0 Å². The molecule has 1 amide bonds. The highest BCUT2D eigenvalue weighted by Gasteiger charge is 2.40. The van der Waals surface area contributed by atoms with Crippen LogP contribution in [-0.4, -0.2) is 53.9 Å². The van der Waals surface area contributed by atoms with Gasteiger partial charge in [0.05, 0.1) is 5.41 Å². The predicted octanol–water partition coefficient (Wildman–Crippen LogP) is -0.824. The Balaban J connectivity index is 2.68. The summed E-state index contributed by atoms with van der Waals surface area (Å²) in [7, 11) is 0. The van der Waals surface area contributed by atoms with Crippen LogP contribution in [0.2, 0.25) is 0 Å². The maximum atomic E-state index is 12.3. The standard InChI is InChI=1S/C12H20N2O6/c13-7-12(3-5-20-6-4-12)11(19)14-8(10(17)18)1-2-9(15)16/h8H,1-7,13H2,(H,14,19)(H,15,16)(H,17,18)/t8-/m0/s1. The van der Waals surface area contributed by atoms with Gasteiger partial charge >= 0.3 is 11.9 Å². The summed E-state index contributed by atoms with van der Waals surface area (Å²) in [6, 6.07) is -1.22. The van der Waals surface area contributed by atoms with Crippen LogP contribution in [0.1, 0.15) is 25.7 Å². The van der Waals surface area contributed by atoms with Crippen molar-refractivity contribution < 1.29 is 29.3 Å². The number of hydrogen-bond donors (Lipinski definition) is 4. The Bertz CT molecular complexity index is 378. The molecule has 1 rings (SSSR count). The average Bonchev–Trinajstić information content (AvgIpc) is 2.43. The molecule has 0 aliphatic carbocycles. The number of carbonyl (C=O) groups excluding carboxylic acids is 1. The largest absolute Gasteiger partial charge is 0.481 e. The van der Waals surface area contributed by atoms with Crippen molar-refractivity contribution in [1.29, 1.82) is 0 Å². The van der Waals surface area contributed by atoms with E-state index in [4.69, 9.17) is 20.7 Å². The number of carbonyl (C=O) groups is 3. The van der Waals surface area contributed by atoms with Crippen LogP contribution in [0.15, 0.2) is 0 Å². The number of carboxylic acid groups (broad SMARTS) is 2. The molecule has 0 aromatic rings. The van der Waals surface area contributed by atoms with Gasteiger partial charge in [0.1, 0.15) is 6.04 Å². The van der Waals surface area contributed by atoms with E-state index >= 15 is 0 Å².